The van der Waals surface area contributed by atoms with Crippen molar-refractivity contribution in [1.82, 2.24) is 4.98 Å². The number of ether oxygens (including phenoxy) is 1. The van der Waals surface area contributed by atoms with E-state index < -0.39 is 0 Å². The molecule has 0 saturated carbocycles. The van der Waals surface area contributed by atoms with Crippen LogP contribution in [0.2, 0.25) is 0 Å². The van der Waals surface area contributed by atoms with Gasteiger partial charge in [0.2, 0.25) is 0 Å². The maximum atomic E-state index is 5.87. The lowest BCUT2D eigenvalue weighted by molar-refractivity contribution is 0.192. The Bertz CT molecular complexity index is 569. The number of nitrogens with two attached hydrogens (primary N) is 1. The van der Waals surface area contributed by atoms with Crippen molar-refractivity contribution in [3.63, 3.8) is 0 Å². The van der Waals surface area contributed by atoms with Crippen molar-refractivity contribution in [2.75, 3.05) is 31.3 Å². The third kappa shape index (κ3) is 3.84. The summed E-state index contributed by atoms with van der Waals surface area (Å²) >= 11 is 0. The second-order valence-corrected chi connectivity index (χ2v) is 5.07. The summed E-state index contributed by atoms with van der Waals surface area (Å²) in [6.07, 6.45) is 3.42. The van der Waals surface area contributed by atoms with Gasteiger partial charge in [-0.2, -0.15) is 0 Å². The molecule has 0 aliphatic carbocycles. The van der Waals surface area contributed by atoms with Crippen LogP contribution >= 0.6 is 0 Å². The average molecular weight is 273 g/mol. The van der Waals surface area contributed by atoms with Crippen LogP contribution in [0.4, 0.5) is 11.4 Å². The van der Waals surface area contributed by atoms with Crippen molar-refractivity contribution < 1.29 is 4.74 Å². The van der Waals surface area contributed by atoms with Crippen LogP contribution in [0, 0.1) is 6.92 Å². The van der Waals surface area contributed by atoms with Crippen LogP contribution in [-0.4, -0.2) is 25.2 Å². The summed E-state index contributed by atoms with van der Waals surface area (Å²) in [6, 6.07) is 7.93. The molecule has 0 spiro atoms. The van der Waals surface area contributed by atoms with Gasteiger partial charge in [0.1, 0.15) is 0 Å². The van der Waals surface area contributed by atoms with E-state index in [0.717, 1.165) is 54.0 Å². The standard InChI is InChI=1S/C16H23N3O/c1-12-10-16(18-8-4-3-5-9-20-2)14-11-13(17)6-7-15(14)19-12/h6-7,10-11H,3-5,8-9,17H2,1-2H3,(H,18,19). The van der Waals surface area contributed by atoms with Crippen molar-refractivity contribution in [2.24, 2.45) is 0 Å². The molecule has 0 aliphatic rings. The van der Waals surface area contributed by atoms with Gasteiger partial charge in [-0.15, -0.1) is 0 Å². The van der Waals surface area contributed by atoms with Crippen molar-refractivity contribution in [1.29, 1.82) is 0 Å². The summed E-state index contributed by atoms with van der Waals surface area (Å²) in [5.41, 5.74) is 9.76. The number of anilines is 2. The van der Waals surface area contributed by atoms with Crippen LogP contribution in [0.15, 0.2) is 24.3 Å². The van der Waals surface area contributed by atoms with Crippen LogP contribution in [0.1, 0.15) is 25.0 Å². The minimum atomic E-state index is 0.770. The molecule has 0 saturated heterocycles. The highest BCUT2D eigenvalue weighted by Crippen LogP contribution is 2.25. The molecule has 1 heterocycles. The smallest absolute Gasteiger partial charge is 0.0727 e. The van der Waals surface area contributed by atoms with Crippen molar-refractivity contribution in [2.45, 2.75) is 26.2 Å². The van der Waals surface area contributed by atoms with Crippen molar-refractivity contribution in [3.05, 3.63) is 30.0 Å². The van der Waals surface area contributed by atoms with E-state index in [1.807, 2.05) is 25.1 Å². The van der Waals surface area contributed by atoms with Gasteiger partial charge in [0, 0.05) is 42.7 Å². The topological polar surface area (TPSA) is 60.2 Å². The zero-order valence-corrected chi connectivity index (χ0v) is 12.3. The van der Waals surface area contributed by atoms with Gasteiger partial charge in [0.15, 0.2) is 0 Å². The fourth-order valence-electron chi connectivity index (χ4n) is 2.29. The van der Waals surface area contributed by atoms with E-state index in [1.54, 1.807) is 7.11 Å². The molecule has 2 rings (SSSR count). The first kappa shape index (κ1) is 14.6. The molecule has 0 atom stereocenters. The summed E-state index contributed by atoms with van der Waals surface area (Å²) < 4.78 is 5.05. The lowest BCUT2D eigenvalue weighted by Crippen LogP contribution is -2.04. The summed E-state index contributed by atoms with van der Waals surface area (Å²) in [7, 11) is 1.74. The number of aryl methyl sites for hydroxylation is 1. The summed E-state index contributed by atoms with van der Waals surface area (Å²) in [4.78, 5) is 4.53. The first-order valence-corrected chi connectivity index (χ1v) is 7.10. The summed E-state index contributed by atoms with van der Waals surface area (Å²) in [5, 5.41) is 4.59. The van der Waals surface area contributed by atoms with Gasteiger partial charge in [-0.05, 0) is 50.5 Å². The molecule has 0 radical (unpaired) electrons. The largest absolute Gasteiger partial charge is 0.399 e. The number of nitrogens with one attached hydrogen (secondary N) is 1. The number of methoxy groups -OCH3 is 1. The third-order valence-corrected chi connectivity index (χ3v) is 3.30. The molecule has 0 bridgehead atoms. The molecule has 4 heteroatoms. The molecule has 0 amide bonds. The Morgan fingerprint density at radius 2 is 2.05 bits per heavy atom. The van der Waals surface area contributed by atoms with Gasteiger partial charge in [0.25, 0.3) is 0 Å². The first-order chi connectivity index (χ1) is 9.70. The Morgan fingerprint density at radius 3 is 2.85 bits per heavy atom. The number of aromatic nitrogens is 1. The number of benzene rings is 1. The van der Waals surface area contributed by atoms with Gasteiger partial charge >= 0.3 is 0 Å². The van der Waals surface area contributed by atoms with Crippen LogP contribution < -0.4 is 11.1 Å². The van der Waals surface area contributed by atoms with Gasteiger partial charge in [-0.3, -0.25) is 4.98 Å². The molecule has 108 valence electrons. The number of unbranched alkanes of at least 4 members (excludes halogenated alkanes) is 2. The lowest BCUT2D eigenvalue weighted by atomic mass is 10.1. The second-order valence-electron chi connectivity index (χ2n) is 5.07. The number of nitrogens with zero attached hydrogens (tertiary/aromatic N) is 1. The number of hydrogen-bond donors (Lipinski definition) is 2. The highest BCUT2D eigenvalue weighted by Gasteiger charge is 2.04. The molecular formula is C16H23N3O. The molecule has 0 aliphatic heterocycles. The molecule has 20 heavy (non-hydrogen) atoms. The molecule has 0 unspecified atom stereocenters. The summed E-state index contributed by atoms with van der Waals surface area (Å²) in [5.74, 6) is 0. The predicted octanol–water partition coefficient (Wildman–Crippen LogP) is 3.35. The van der Waals surface area contributed by atoms with E-state index in [9.17, 15) is 0 Å². The SMILES string of the molecule is COCCCCCNc1cc(C)nc2ccc(N)cc12. The zero-order chi connectivity index (χ0) is 14.4. The van der Waals surface area contributed by atoms with Crippen LogP contribution in [0.5, 0.6) is 0 Å². The van der Waals surface area contributed by atoms with E-state index in [2.05, 4.69) is 16.4 Å². The first-order valence-electron chi connectivity index (χ1n) is 7.10. The summed E-state index contributed by atoms with van der Waals surface area (Å²) in [6.45, 7) is 3.81. The maximum Gasteiger partial charge on any atom is 0.0727 e. The fourth-order valence-corrected chi connectivity index (χ4v) is 2.29. The highest BCUT2D eigenvalue weighted by atomic mass is 16.5. The van der Waals surface area contributed by atoms with Crippen LogP contribution in [-0.2, 0) is 4.74 Å². The average Bonchev–Trinajstić information content (AvgIpc) is 2.43. The zero-order valence-electron chi connectivity index (χ0n) is 12.3. The van der Waals surface area contributed by atoms with Gasteiger partial charge in [-0.25, -0.2) is 0 Å². The van der Waals surface area contributed by atoms with E-state index >= 15 is 0 Å². The van der Waals surface area contributed by atoms with E-state index in [-0.39, 0.29) is 0 Å². The number of fused-ring (bicyclic) bond motifs is 1. The molecule has 3 N–H and O–H groups in total. The van der Waals surface area contributed by atoms with E-state index in [1.165, 1.54) is 6.42 Å². The van der Waals surface area contributed by atoms with Gasteiger partial charge in [0.05, 0.1) is 5.52 Å². The highest BCUT2D eigenvalue weighted by molar-refractivity contribution is 5.93. The van der Waals surface area contributed by atoms with Crippen LogP contribution in [0.3, 0.4) is 0 Å². The number of hydrogen-bond acceptors (Lipinski definition) is 4. The quantitative estimate of drug-likeness (QED) is 0.600. The normalized spacial score (nSPS) is 10.9. The molecule has 1 aromatic carbocycles. The third-order valence-electron chi connectivity index (χ3n) is 3.30. The number of pyridine rings is 1. The minimum absolute atomic E-state index is 0.770. The Labute approximate surface area is 120 Å². The number of nitrogen functional groups attached to an aromatic ring is 1. The second kappa shape index (κ2) is 7.10. The minimum Gasteiger partial charge on any atom is -0.399 e. The van der Waals surface area contributed by atoms with E-state index in [0.29, 0.717) is 0 Å². The Morgan fingerprint density at radius 1 is 1.20 bits per heavy atom. The molecule has 0 fully saturated rings. The Balaban J connectivity index is 2.03. The number of rotatable bonds is 7. The molecular weight excluding hydrogens is 250 g/mol. The molecule has 4 nitrogen and oxygen atoms in total. The van der Waals surface area contributed by atoms with Crippen molar-refractivity contribution >= 4 is 22.3 Å². The Kier molecular flexibility index (Phi) is 5.18. The monoisotopic (exact) mass is 273 g/mol. The van der Waals surface area contributed by atoms with Crippen LogP contribution in [0.25, 0.3) is 10.9 Å². The lowest BCUT2D eigenvalue weighted by Gasteiger charge is -2.11. The molecule has 2 aromatic rings. The maximum absolute atomic E-state index is 5.87. The molecule has 1 aromatic heterocycles. The van der Waals surface area contributed by atoms with Gasteiger partial charge < -0.3 is 15.8 Å². The Hall–Kier alpha value is -1.81. The van der Waals surface area contributed by atoms with Crippen molar-refractivity contribution in [3.8, 4) is 0 Å². The van der Waals surface area contributed by atoms with E-state index in [4.69, 9.17) is 10.5 Å². The fraction of sp³-hybridized carbons (Fsp3) is 0.438. The predicted molar refractivity (Wildman–Crippen MR) is 85.1 cm³/mol. The van der Waals surface area contributed by atoms with Gasteiger partial charge in [-0.1, -0.05) is 0 Å².